The molecular formula is C22H24N2O2. The molecule has 0 aliphatic heterocycles. The number of nitrogens with one attached hydrogen (secondary N) is 1. The maximum Gasteiger partial charge on any atom is 0.262 e. The molecule has 2 atom stereocenters. The van der Waals surface area contributed by atoms with E-state index in [2.05, 4.69) is 18.3 Å². The van der Waals surface area contributed by atoms with Crippen molar-refractivity contribution in [1.29, 1.82) is 5.26 Å². The number of carbonyl (C=O) groups is 1. The van der Waals surface area contributed by atoms with Crippen LogP contribution in [0.15, 0.2) is 42.0 Å². The summed E-state index contributed by atoms with van der Waals surface area (Å²) >= 11 is 0. The number of carbonyl (C=O) groups excluding carboxylic acids is 1. The molecule has 1 N–H and O–H groups in total. The summed E-state index contributed by atoms with van der Waals surface area (Å²) in [5.74, 6) is 0.990. The Morgan fingerprint density at radius 3 is 2.65 bits per heavy atom. The Morgan fingerprint density at radius 2 is 1.92 bits per heavy atom. The first-order valence-electron chi connectivity index (χ1n) is 9.11. The minimum atomic E-state index is -0.277. The van der Waals surface area contributed by atoms with Crippen LogP contribution in [-0.2, 0) is 4.79 Å². The van der Waals surface area contributed by atoms with Gasteiger partial charge in [0, 0.05) is 6.04 Å². The Balaban J connectivity index is 1.80. The van der Waals surface area contributed by atoms with E-state index in [-0.39, 0.29) is 17.5 Å². The third-order valence-electron chi connectivity index (χ3n) is 5.18. The molecule has 4 heteroatoms. The number of nitriles is 1. The maximum atomic E-state index is 12.5. The molecule has 4 nitrogen and oxygen atoms in total. The summed E-state index contributed by atoms with van der Waals surface area (Å²) < 4.78 is 5.24. The van der Waals surface area contributed by atoms with Gasteiger partial charge in [-0.3, -0.25) is 4.79 Å². The Morgan fingerprint density at radius 1 is 1.19 bits per heavy atom. The molecule has 2 aromatic carbocycles. The predicted octanol–water partition coefficient (Wildman–Crippen LogP) is 4.45. The SMILES string of the molecule is COc1ccc2cc(/C=C(\C#N)C(=O)N[C@H]3CCCC[C@H]3C)ccc2c1. The average molecular weight is 348 g/mol. The van der Waals surface area contributed by atoms with Crippen LogP contribution in [0.25, 0.3) is 16.8 Å². The second-order valence-electron chi connectivity index (χ2n) is 6.98. The van der Waals surface area contributed by atoms with E-state index in [4.69, 9.17) is 4.74 Å². The third kappa shape index (κ3) is 4.05. The number of nitrogens with zero attached hydrogens (tertiary/aromatic N) is 1. The third-order valence-corrected chi connectivity index (χ3v) is 5.18. The van der Waals surface area contributed by atoms with Crippen LogP contribution in [-0.4, -0.2) is 19.1 Å². The van der Waals surface area contributed by atoms with Crippen LogP contribution < -0.4 is 10.1 Å². The van der Waals surface area contributed by atoms with Crippen molar-refractivity contribution in [1.82, 2.24) is 5.32 Å². The molecule has 1 aliphatic carbocycles. The maximum absolute atomic E-state index is 12.5. The minimum Gasteiger partial charge on any atom is -0.497 e. The highest BCUT2D eigenvalue weighted by Crippen LogP contribution is 2.25. The number of fused-ring (bicyclic) bond motifs is 1. The van der Waals surface area contributed by atoms with Crippen LogP contribution in [0.1, 0.15) is 38.2 Å². The van der Waals surface area contributed by atoms with Crippen LogP contribution in [0, 0.1) is 17.2 Å². The van der Waals surface area contributed by atoms with E-state index in [1.54, 1.807) is 13.2 Å². The number of rotatable bonds is 4. The average Bonchev–Trinajstić information content (AvgIpc) is 2.67. The fraction of sp³-hybridized carbons (Fsp3) is 0.364. The van der Waals surface area contributed by atoms with E-state index in [1.165, 1.54) is 6.42 Å². The van der Waals surface area contributed by atoms with Gasteiger partial charge < -0.3 is 10.1 Å². The van der Waals surface area contributed by atoms with Gasteiger partial charge in [0.25, 0.3) is 5.91 Å². The first-order valence-corrected chi connectivity index (χ1v) is 9.11. The smallest absolute Gasteiger partial charge is 0.262 e. The summed E-state index contributed by atoms with van der Waals surface area (Å²) in [5.41, 5.74) is 0.988. The van der Waals surface area contributed by atoms with E-state index in [1.807, 2.05) is 36.4 Å². The van der Waals surface area contributed by atoms with Gasteiger partial charge in [-0.25, -0.2) is 0 Å². The number of hydrogen-bond acceptors (Lipinski definition) is 3. The molecule has 0 spiro atoms. The van der Waals surface area contributed by atoms with Crippen molar-refractivity contribution in [3.05, 3.63) is 47.5 Å². The van der Waals surface area contributed by atoms with E-state index < -0.39 is 0 Å². The Labute approximate surface area is 154 Å². The zero-order chi connectivity index (χ0) is 18.5. The summed E-state index contributed by atoms with van der Waals surface area (Å²) in [5, 5.41) is 14.6. The molecule has 0 unspecified atom stereocenters. The van der Waals surface area contributed by atoms with Gasteiger partial charge >= 0.3 is 0 Å². The lowest BCUT2D eigenvalue weighted by molar-refractivity contribution is -0.118. The molecule has 0 radical (unpaired) electrons. The van der Waals surface area contributed by atoms with Gasteiger partial charge in [-0.05, 0) is 59.4 Å². The first-order chi connectivity index (χ1) is 12.6. The van der Waals surface area contributed by atoms with Crippen LogP contribution in [0.2, 0.25) is 0 Å². The fourth-order valence-electron chi connectivity index (χ4n) is 3.55. The fourth-order valence-corrected chi connectivity index (χ4v) is 3.55. The molecule has 0 heterocycles. The van der Waals surface area contributed by atoms with Crippen molar-refractivity contribution in [2.24, 2.45) is 5.92 Å². The summed E-state index contributed by atoms with van der Waals surface area (Å²) in [6, 6.07) is 13.9. The summed E-state index contributed by atoms with van der Waals surface area (Å²) in [6.45, 7) is 2.16. The van der Waals surface area contributed by atoms with Crippen LogP contribution >= 0.6 is 0 Å². The molecule has 2 aromatic rings. The largest absolute Gasteiger partial charge is 0.497 e. The lowest BCUT2D eigenvalue weighted by Gasteiger charge is -2.29. The number of benzene rings is 2. The second kappa shape index (κ2) is 8.05. The van der Waals surface area contributed by atoms with Crippen molar-refractivity contribution < 1.29 is 9.53 Å². The van der Waals surface area contributed by atoms with Gasteiger partial charge in [0.1, 0.15) is 17.4 Å². The normalized spacial score (nSPS) is 20.4. The standard InChI is InChI=1S/C22H24N2O2/c1-15-5-3-4-6-21(15)24-22(25)19(14-23)12-16-7-8-18-13-20(26-2)10-9-17(18)11-16/h7-13,15,21H,3-6H2,1-2H3,(H,24,25)/b19-12+/t15-,21+/m1/s1. The Hall–Kier alpha value is -2.80. The van der Waals surface area contributed by atoms with Crippen molar-refractivity contribution >= 4 is 22.8 Å². The lowest BCUT2D eigenvalue weighted by atomic mass is 9.86. The molecule has 1 aliphatic rings. The van der Waals surface area contributed by atoms with E-state index in [0.717, 1.165) is 41.3 Å². The van der Waals surface area contributed by atoms with Gasteiger partial charge in [0.05, 0.1) is 7.11 Å². The Kier molecular flexibility index (Phi) is 5.58. The highest BCUT2D eigenvalue weighted by molar-refractivity contribution is 6.02. The van der Waals surface area contributed by atoms with Crippen molar-refractivity contribution in [2.45, 2.75) is 38.6 Å². The molecule has 3 rings (SSSR count). The summed E-state index contributed by atoms with van der Waals surface area (Å²) in [7, 11) is 1.64. The molecule has 1 saturated carbocycles. The Bertz CT molecular complexity index is 879. The van der Waals surface area contributed by atoms with Gasteiger partial charge in [0.15, 0.2) is 0 Å². The van der Waals surface area contributed by atoms with Crippen LogP contribution in [0.4, 0.5) is 0 Å². The summed E-state index contributed by atoms with van der Waals surface area (Å²) in [4.78, 5) is 12.5. The molecule has 26 heavy (non-hydrogen) atoms. The monoisotopic (exact) mass is 348 g/mol. The summed E-state index contributed by atoms with van der Waals surface area (Å²) in [6.07, 6.45) is 6.13. The molecule has 134 valence electrons. The minimum absolute atomic E-state index is 0.149. The van der Waals surface area contributed by atoms with E-state index in [0.29, 0.717) is 5.92 Å². The van der Waals surface area contributed by atoms with Crippen molar-refractivity contribution in [3.63, 3.8) is 0 Å². The second-order valence-corrected chi connectivity index (χ2v) is 6.98. The quantitative estimate of drug-likeness (QED) is 0.656. The zero-order valence-corrected chi connectivity index (χ0v) is 15.3. The van der Waals surface area contributed by atoms with Gasteiger partial charge in [-0.1, -0.05) is 38.0 Å². The number of amides is 1. The van der Waals surface area contributed by atoms with E-state index >= 15 is 0 Å². The van der Waals surface area contributed by atoms with Crippen LogP contribution in [0.3, 0.4) is 0 Å². The molecular weight excluding hydrogens is 324 g/mol. The molecule has 1 amide bonds. The highest BCUT2D eigenvalue weighted by Gasteiger charge is 2.24. The van der Waals surface area contributed by atoms with Gasteiger partial charge in [0.2, 0.25) is 0 Å². The molecule has 0 bridgehead atoms. The number of ether oxygens (including phenoxy) is 1. The van der Waals surface area contributed by atoms with Gasteiger partial charge in [-0.15, -0.1) is 0 Å². The first kappa shape index (κ1) is 18.0. The number of methoxy groups -OCH3 is 1. The predicted molar refractivity (Wildman–Crippen MR) is 104 cm³/mol. The molecule has 1 fully saturated rings. The van der Waals surface area contributed by atoms with Crippen molar-refractivity contribution in [3.8, 4) is 11.8 Å². The topological polar surface area (TPSA) is 62.1 Å². The van der Waals surface area contributed by atoms with Gasteiger partial charge in [-0.2, -0.15) is 5.26 Å². The van der Waals surface area contributed by atoms with Crippen molar-refractivity contribution in [2.75, 3.05) is 7.11 Å². The molecule has 0 saturated heterocycles. The van der Waals surface area contributed by atoms with Crippen LogP contribution in [0.5, 0.6) is 5.75 Å². The number of hydrogen-bond donors (Lipinski definition) is 1. The van der Waals surface area contributed by atoms with E-state index in [9.17, 15) is 10.1 Å². The zero-order valence-electron chi connectivity index (χ0n) is 15.3. The lowest BCUT2D eigenvalue weighted by Crippen LogP contribution is -2.41. The molecule has 0 aromatic heterocycles. The highest BCUT2D eigenvalue weighted by atomic mass is 16.5.